The Morgan fingerprint density at radius 2 is 2.33 bits per heavy atom. The van der Waals surface area contributed by atoms with Gasteiger partial charge in [-0.25, -0.2) is 4.98 Å². The van der Waals surface area contributed by atoms with E-state index in [0.29, 0.717) is 17.3 Å². The number of carbonyl (C=O) groups is 1. The number of hydrogen-bond acceptors (Lipinski definition) is 3. The topological polar surface area (TPSA) is 64.7 Å². The highest BCUT2D eigenvalue weighted by molar-refractivity contribution is 6.30. The molecule has 0 aromatic carbocycles. The van der Waals surface area contributed by atoms with E-state index < -0.39 is 0 Å². The number of amides is 1. The molecule has 0 aliphatic heterocycles. The van der Waals surface area contributed by atoms with Gasteiger partial charge < -0.3 is 9.88 Å². The monoisotopic (exact) mass is 267 g/mol. The second-order valence-electron chi connectivity index (χ2n) is 3.96. The first kappa shape index (κ1) is 12.6. The van der Waals surface area contributed by atoms with Crippen molar-refractivity contribution in [2.24, 2.45) is 7.05 Å². The van der Waals surface area contributed by atoms with Gasteiger partial charge in [-0.15, -0.1) is 0 Å². The van der Waals surface area contributed by atoms with Gasteiger partial charge in [-0.1, -0.05) is 11.6 Å². The van der Waals surface area contributed by atoms with Crippen LogP contribution in [0.5, 0.6) is 0 Å². The van der Waals surface area contributed by atoms with Crippen LogP contribution < -0.4 is 5.32 Å². The Morgan fingerprint density at radius 3 is 2.94 bits per heavy atom. The van der Waals surface area contributed by atoms with Crippen LogP contribution in [0.4, 0.5) is 0 Å². The lowest BCUT2D eigenvalue weighted by Crippen LogP contribution is -2.25. The van der Waals surface area contributed by atoms with Crippen LogP contribution in [0.2, 0.25) is 5.02 Å². The Kier molecular flexibility index (Phi) is 3.99. The highest BCUT2D eigenvalue weighted by Gasteiger charge is 2.07. The first-order valence-electron chi connectivity index (χ1n) is 5.59. The summed E-state index contributed by atoms with van der Waals surface area (Å²) in [6.07, 6.45) is 7.41. The van der Waals surface area contributed by atoms with Gasteiger partial charge in [-0.05, 0) is 6.42 Å². The average molecular weight is 268 g/mol. The standard InChI is InChI=1S/C11H14ClN5O/c1-16-7-10(14-8-16)11(18)13-3-2-4-17-6-9(12)5-15-17/h5-8H,2-4H2,1H3,(H,13,18). The molecule has 0 aliphatic carbocycles. The molecule has 96 valence electrons. The minimum absolute atomic E-state index is 0.158. The fourth-order valence-electron chi connectivity index (χ4n) is 1.52. The molecule has 0 atom stereocenters. The van der Waals surface area contributed by atoms with Gasteiger partial charge in [0.2, 0.25) is 0 Å². The molecule has 0 aliphatic rings. The number of rotatable bonds is 5. The van der Waals surface area contributed by atoms with Gasteiger partial charge in [-0.3, -0.25) is 9.48 Å². The van der Waals surface area contributed by atoms with Crippen LogP contribution in [0.25, 0.3) is 0 Å². The Morgan fingerprint density at radius 1 is 1.50 bits per heavy atom. The molecule has 6 nitrogen and oxygen atoms in total. The summed E-state index contributed by atoms with van der Waals surface area (Å²) in [6.45, 7) is 1.29. The zero-order chi connectivity index (χ0) is 13.0. The minimum Gasteiger partial charge on any atom is -0.351 e. The summed E-state index contributed by atoms with van der Waals surface area (Å²) < 4.78 is 3.48. The van der Waals surface area contributed by atoms with Gasteiger partial charge >= 0.3 is 0 Å². The van der Waals surface area contributed by atoms with Crippen molar-refractivity contribution in [2.75, 3.05) is 6.54 Å². The van der Waals surface area contributed by atoms with E-state index in [1.54, 1.807) is 34.2 Å². The normalized spacial score (nSPS) is 10.6. The summed E-state index contributed by atoms with van der Waals surface area (Å²) in [5, 5.41) is 7.47. The van der Waals surface area contributed by atoms with E-state index in [4.69, 9.17) is 11.6 Å². The summed E-state index contributed by atoms with van der Waals surface area (Å²) >= 11 is 5.74. The summed E-state index contributed by atoms with van der Waals surface area (Å²) in [5.41, 5.74) is 0.430. The smallest absolute Gasteiger partial charge is 0.271 e. The SMILES string of the molecule is Cn1cnc(C(=O)NCCCn2cc(Cl)cn2)c1. The molecule has 2 aromatic rings. The zero-order valence-electron chi connectivity index (χ0n) is 10.0. The van der Waals surface area contributed by atoms with Crippen molar-refractivity contribution in [1.29, 1.82) is 0 Å². The fourth-order valence-corrected chi connectivity index (χ4v) is 1.68. The van der Waals surface area contributed by atoms with E-state index in [1.165, 1.54) is 0 Å². The average Bonchev–Trinajstić information content (AvgIpc) is 2.93. The van der Waals surface area contributed by atoms with Gasteiger partial charge in [0.1, 0.15) is 5.69 Å². The predicted octanol–water partition coefficient (Wildman–Crippen LogP) is 1.09. The van der Waals surface area contributed by atoms with Crippen LogP contribution in [-0.4, -0.2) is 31.8 Å². The number of carbonyl (C=O) groups excluding carboxylic acids is 1. The van der Waals surface area contributed by atoms with E-state index in [9.17, 15) is 4.79 Å². The van der Waals surface area contributed by atoms with Crippen molar-refractivity contribution in [3.8, 4) is 0 Å². The number of aromatic nitrogens is 4. The van der Waals surface area contributed by atoms with Crippen LogP contribution in [0.15, 0.2) is 24.9 Å². The number of nitrogens with zero attached hydrogens (tertiary/aromatic N) is 4. The highest BCUT2D eigenvalue weighted by Crippen LogP contribution is 2.04. The van der Waals surface area contributed by atoms with E-state index in [-0.39, 0.29) is 5.91 Å². The zero-order valence-corrected chi connectivity index (χ0v) is 10.8. The maximum absolute atomic E-state index is 11.6. The van der Waals surface area contributed by atoms with Crippen LogP contribution >= 0.6 is 11.6 Å². The quantitative estimate of drug-likeness (QED) is 0.825. The third kappa shape index (κ3) is 3.33. The van der Waals surface area contributed by atoms with E-state index >= 15 is 0 Å². The molecular formula is C11H14ClN5O. The number of hydrogen-bond donors (Lipinski definition) is 1. The molecule has 0 saturated heterocycles. The van der Waals surface area contributed by atoms with E-state index in [2.05, 4.69) is 15.4 Å². The molecule has 0 fully saturated rings. The first-order chi connectivity index (χ1) is 8.65. The molecule has 2 aromatic heterocycles. The summed E-state index contributed by atoms with van der Waals surface area (Å²) in [5.74, 6) is -0.158. The lowest BCUT2D eigenvalue weighted by atomic mass is 10.4. The second-order valence-corrected chi connectivity index (χ2v) is 4.39. The Bertz CT molecular complexity index is 533. The number of imidazole rings is 1. The van der Waals surface area contributed by atoms with E-state index in [1.807, 2.05) is 7.05 Å². The van der Waals surface area contributed by atoms with Crippen LogP contribution in [0, 0.1) is 0 Å². The van der Waals surface area contributed by atoms with Gasteiger partial charge in [0, 0.05) is 32.5 Å². The molecule has 18 heavy (non-hydrogen) atoms. The number of aryl methyl sites for hydroxylation is 2. The van der Waals surface area contributed by atoms with Gasteiger partial charge in [0.25, 0.3) is 5.91 Å². The lowest BCUT2D eigenvalue weighted by Gasteiger charge is -2.03. The van der Waals surface area contributed by atoms with Crippen LogP contribution in [-0.2, 0) is 13.6 Å². The third-order valence-corrected chi connectivity index (χ3v) is 2.58. The van der Waals surface area contributed by atoms with Crippen molar-refractivity contribution >= 4 is 17.5 Å². The van der Waals surface area contributed by atoms with E-state index in [0.717, 1.165) is 13.0 Å². The largest absolute Gasteiger partial charge is 0.351 e. The number of nitrogens with one attached hydrogen (secondary N) is 1. The van der Waals surface area contributed by atoms with Crippen molar-refractivity contribution in [3.05, 3.63) is 35.6 Å². The molecule has 1 amide bonds. The minimum atomic E-state index is -0.158. The summed E-state index contributed by atoms with van der Waals surface area (Å²) in [4.78, 5) is 15.6. The van der Waals surface area contributed by atoms with Crippen LogP contribution in [0.3, 0.4) is 0 Å². The molecule has 7 heteroatoms. The summed E-state index contributed by atoms with van der Waals surface area (Å²) in [7, 11) is 1.82. The molecule has 0 radical (unpaired) electrons. The van der Waals surface area contributed by atoms with Crippen LogP contribution in [0.1, 0.15) is 16.9 Å². The Balaban J connectivity index is 1.71. The highest BCUT2D eigenvalue weighted by atomic mass is 35.5. The molecule has 1 N–H and O–H groups in total. The molecule has 2 heterocycles. The van der Waals surface area contributed by atoms with Crippen molar-refractivity contribution in [3.63, 3.8) is 0 Å². The Hall–Kier alpha value is -1.82. The predicted molar refractivity (Wildman–Crippen MR) is 67.4 cm³/mol. The van der Waals surface area contributed by atoms with Crippen molar-refractivity contribution in [1.82, 2.24) is 24.6 Å². The maximum atomic E-state index is 11.6. The van der Waals surface area contributed by atoms with Crippen molar-refractivity contribution in [2.45, 2.75) is 13.0 Å². The Labute approximate surface area is 110 Å². The second kappa shape index (κ2) is 5.68. The van der Waals surface area contributed by atoms with Crippen molar-refractivity contribution < 1.29 is 4.79 Å². The molecule has 0 spiro atoms. The number of halogens is 1. The third-order valence-electron chi connectivity index (χ3n) is 2.39. The van der Waals surface area contributed by atoms with Gasteiger partial charge in [0.15, 0.2) is 0 Å². The molecule has 0 unspecified atom stereocenters. The molecule has 0 bridgehead atoms. The molecular weight excluding hydrogens is 254 g/mol. The molecule has 0 saturated carbocycles. The fraction of sp³-hybridized carbons (Fsp3) is 0.364. The molecule has 2 rings (SSSR count). The lowest BCUT2D eigenvalue weighted by molar-refractivity contribution is 0.0948. The van der Waals surface area contributed by atoms with Gasteiger partial charge in [0.05, 0.1) is 17.5 Å². The van der Waals surface area contributed by atoms with Gasteiger partial charge in [-0.2, -0.15) is 5.10 Å². The maximum Gasteiger partial charge on any atom is 0.271 e. The summed E-state index contributed by atoms with van der Waals surface area (Å²) in [6, 6.07) is 0. The first-order valence-corrected chi connectivity index (χ1v) is 5.97.